The fourth-order valence-corrected chi connectivity index (χ4v) is 1.16. The highest BCUT2D eigenvalue weighted by Crippen LogP contribution is 2.19. The molecule has 6 nitrogen and oxygen atoms in total. The lowest BCUT2D eigenvalue weighted by molar-refractivity contribution is 0.0596. The number of hydrogen-bond acceptors (Lipinski definition) is 6. The Morgan fingerprint density at radius 3 is 2.83 bits per heavy atom. The molecule has 18 heavy (non-hydrogen) atoms. The van der Waals surface area contributed by atoms with Crippen LogP contribution in [0, 0.1) is 5.82 Å². The Kier molecular flexibility index (Phi) is 5.30. The molecule has 0 unspecified atom stereocenters. The van der Waals surface area contributed by atoms with E-state index in [-0.39, 0.29) is 11.3 Å². The number of hydrogen-bond donors (Lipinski definition) is 1. The van der Waals surface area contributed by atoms with Gasteiger partial charge in [-0.05, 0) is 12.1 Å². The molecule has 0 atom stereocenters. The Balaban J connectivity index is 2.88. The highest BCUT2D eigenvalue weighted by molar-refractivity contribution is 6.16. The lowest BCUT2D eigenvalue weighted by atomic mass is 10.1. The van der Waals surface area contributed by atoms with E-state index >= 15 is 0 Å². The van der Waals surface area contributed by atoms with E-state index in [1.807, 2.05) is 0 Å². The summed E-state index contributed by atoms with van der Waals surface area (Å²) in [6.07, 6.45) is 2.57. The van der Waals surface area contributed by atoms with Crippen molar-refractivity contribution in [2.45, 2.75) is 0 Å². The summed E-state index contributed by atoms with van der Waals surface area (Å²) in [6, 6.07) is 4.11. The van der Waals surface area contributed by atoms with Crippen molar-refractivity contribution in [3.05, 3.63) is 29.6 Å². The van der Waals surface area contributed by atoms with Crippen molar-refractivity contribution in [3.63, 3.8) is 0 Å². The molecule has 7 heteroatoms. The number of carbonyl (C=O) groups excluding carboxylic acids is 1. The molecular weight excluding hydrogens is 241 g/mol. The monoisotopic (exact) mass is 253 g/mol. The minimum Gasteiger partial charge on any atom is -0.465 e. The molecule has 0 aliphatic carbocycles. The Morgan fingerprint density at radius 2 is 2.17 bits per heavy atom. The van der Waals surface area contributed by atoms with Crippen LogP contribution in [0.25, 0.3) is 0 Å². The molecule has 0 aromatic heterocycles. The van der Waals surface area contributed by atoms with Crippen LogP contribution in [0.3, 0.4) is 0 Å². The first-order valence-electron chi connectivity index (χ1n) is 4.91. The number of ether oxygens (including phenoxy) is 1. The molecule has 0 heterocycles. The summed E-state index contributed by atoms with van der Waals surface area (Å²) in [5, 5.41) is 7.13. The Hall–Kier alpha value is -2.44. The largest absolute Gasteiger partial charge is 0.465 e. The van der Waals surface area contributed by atoms with Crippen molar-refractivity contribution in [1.29, 1.82) is 0 Å². The van der Waals surface area contributed by atoms with Crippen LogP contribution in [0.5, 0.6) is 0 Å². The van der Waals surface area contributed by atoms with E-state index < -0.39 is 11.8 Å². The normalized spacial score (nSPS) is 10.8. The number of halogens is 1. The third-order valence-corrected chi connectivity index (χ3v) is 1.90. The molecule has 0 saturated heterocycles. The lowest BCUT2D eigenvalue weighted by Gasteiger charge is -2.07. The van der Waals surface area contributed by atoms with E-state index in [1.165, 1.54) is 38.8 Å². The van der Waals surface area contributed by atoms with Crippen LogP contribution in [0.4, 0.5) is 10.1 Å². The summed E-state index contributed by atoms with van der Waals surface area (Å²) in [5.41, 5.74) is 2.50. The molecular formula is C11H12FN3O3. The average molecular weight is 253 g/mol. The third kappa shape index (κ3) is 3.55. The number of carbonyl (C=O) groups is 1. The van der Waals surface area contributed by atoms with E-state index in [2.05, 4.69) is 25.3 Å². The van der Waals surface area contributed by atoms with Crippen molar-refractivity contribution < 1.29 is 18.8 Å². The Bertz CT molecular complexity index is 475. The minimum absolute atomic E-state index is 0.198. The number of anilines is 1. The van der Waals surface area contributed by atoms with E-state index in [9.17, 15) is 9.18 Å². The summed E-state index contributed by atoms with van der Waals surface area (Å²) in [4.78, 5) is 15.8. The fourth-order valence-electron chi connectivity index (χ4n) is 1.16. The quantitative estimate of drug-likeness (QED) is 0.492. The van der Waals surface area contributed by atoms with Crippen LogP contribution in [0.15, 0.2) is 28.5 Å². The van der Waals surface area contributed by atoms with Gasteiger partial charge in [0.2, 0.25) is 0 Å². The second kappa shape index (κ2) is 7.00. The first-order chi connectivity index (χ1) is 8.70. The molecule has 0 spiro atoms. The van der Waals surface area contributed by atoms with E-state index in [1.54, 1.807) is 0 Å². The van der Waals surface area contributed by atoms with Gasteiger partial charge in [0.25, 0.3) is 0 Å². The van der Waals surface area contributed by atoms with Crippen LogP contribution in [0.1, 0.15) is 10.4 Å². The van der Waals surface area contributed by atoms with Crippen molar-refractivity contribution in [2.24, 2.45) is 10.3 Å². The second-order valence-electron chi connectivity index (χ2n) is 2.98. The van der Waals surface area contributed by atoms with Gasteiger partial charge in [-0.15, -0.1) is 0 Å². The van der Waals surface area contributed by atoms with Gasteiger partial charge >= 0.3 is 5.97 Å². The predicted molar refractivity (Wildman–Crippen MR) is 65.4 cm³/mol. The first kappa shape index (κ1) is 13.6. The SMILES string of the molecule is CO/N=C/C=N/Nc1cccc(F)c1C(=O)OC. The topological polar surface area (TPSA) is 72.3 Å². The molecule has 0 amide bonds. The summed E-state index contributed by atoms with van der Waals surface area (Å²) in [6.45, 7) is 0. The molecule has 0 saturated carbocycles. The molecule has 96 valence electrons. The van der Waals surface area contributed by atoms with E-state index in [4.69, 9.17) is 0 Å². The smallest absolute Gasteiger partial charge is 0.343 e. The van der Waals surface area contributed by atoms with Gasteiger partial charge in [0.15, 0.2) is 0 Å². The zero-order valence-electron chi connectivity index (χ0n) is 9.88. The highest BCUT2D eigenvalue weighted by atomic mass is 19.1. The van der Waals surface area contributed by atoms with Crippen LogP contribution in [0.2, 0.25) is 0 Å². The fraction of sp³-hybridized carbons (Fsp3) is 0.182. The first-order valence-corrected chi connectivity index (χ1v) is 4.91. The summed E-state index contributed by atoms with van der Waals surface area (Å²) in [5.74, 6) is -1.47. The molecule has 1 aromatic carbocycles. The lowest BCUT2D eigenvalue weighted by Crippen LogP contribution is -2.08. The van der Waals surface area contributed by atoms with Gasteiger partial charge in [0, 0.05) is 0 Å². The summed E-state index contributed by atoms with van der Waals surface area (Å²) >= 11 is 0. The van der Waals surface area contributed by atoms with Crippen LogP contribution in [-0.2, 0) is 9.57 Å². The predicted octanol–water partition coefficient (Wildman–Crippen LogP) is 1.64. The number of nitrogens with one attached hydrogen (secondary N) is 1. The highest BCUT2D eigenvalue weighted by Gasteiger charge is 2.16. The van der Waals surface area contributed by atoms with Crippen LogP contribution in [-0.4, -0.2) is 32.6 Å². The standard InChI is InChI=1S/C11H12FN3O3/c1-17-11(16)10-8(12)4-3-5-9(10)15-13-6-7-14-18-2/h3-7,15H,1-2H3/b13-6+,14-7+. The molecule has 0 fully saturated rings. The molecule has 0 aliphatic heterocycles. The maximum atomic E-state index is 13.5. The zero-order chi connectivity index (χ0) is 13.4. The van der Waals surface area contributed by atoms with Crippen molar-refractivity contribution in [3.8, 4) is 0 Å². The maximum Gasteiger partial charge on any atom is 0.343 e. The van der Waals surface area contributed by atoms with E-state index in [0.717, 1.165) is 6.07 Å². The third-order valence-electron chi connectivity index (χ3n) is 1.90. The molecule has 0 bridgehead atoms. The molecule has 0 aliphatic rings. The van der Waals surface area contributed by atoms with Crippen molar-refractivity contribution >= 4 is 24.1 Å². The number of oxime groups is 1. The van der Waals surface area contributed by atoms with Gasteiger partial charge in [-0.3, -0.25) is 5.43 Å². The number of hydrazone groups is 1. The Morgan fingerprint density at radius 1 is 1.39 bits per heavy atom. The second-order valence-corrected chi connectivity index (χ2v) is 2.98. The van der Waals surface area contributed by atoms with Gasteiger partial charge < -0.3 is 9.57 Å². The minimum atomic E-state index is -0.781. The average Bonchev–Trinajstić information content (AvgIpc) is 2.38. The van der Waals surface area contributed by atoms with Gasteiger partial charge in [-0.1, -0.05) is 11.2 Å². The van der Waals surface area contributed by atoms with Gasteiger partial charge in [-0.2, -0.15) is 5.10 Å². The molecule has 1 N–H and O–H groups in total. The molecule has 0 radical (unpaired) electrons. The number of esters is 1. The van der Waals surface area contributed by atoms with Crippen LogP contribution >= 0.6 is 0 Å². The van der Waals surface area contributed by atoms with Crippen molar-refractivity contribution in [1.82, 2.24) is 0 Å². The molecule has 1 rings (SSSR count). The summed E-state index contributed by atoms with van der Waals surface area (Å²) in [7, 11) is 2.56. The van der Waals surface area contributed by atoms with Gasteiger partial charge in [0.1, 0.15) is 18.5 Å². The van der Waals surface area contributed by atoms with E-state index in [0.29, 0.717) is 0 Å². The summed E-state index contributed by atoms with van der Waals surface area (Å²) < 4.78 is 18.0. The number of methoxy groups -OCH3 is 1. The zero-order valence-corrected chi connectivity index (χ0v) is 9.88. The number of nitrogens with zero attached hydrogens (tertiary/aromatic N) is 2. The number of benzene rings is 1. The maximum absolute atomic E-state index is 13.5. The Labute approximate surface area is 103 Å². The molecule has 1 aromatic rings. The van der Waals surface area contributed by atoms with Gasteiger partial charge in [0.05, 0.1) is 25.2 Å². The number of rotatable bonds is 5. The van der Waals surface area contributed by atoms with Gasteiger partial charge in [-0.25, -0.2) is 9.18 Å². The van der Waals surface area contributed by atoms with Crippen molar-refractivity contribution in [2.75, 3.05) is 19.6 Å². The van der Waals surface area contributed by atoms with Crippen LogP contribution < -0.4 is 5.43 Å².